The Morgan fingerprint density at radius 1 is 1.13 bits per heavy atom. The highest BCUT2D eigenvalue weighted by molar-refractivity contribution is 7.88. The van der Waals surface area contributed by atoms with Crippen LogP contribution in [0, 0.1) is 0 Å². The molecule has 3 N–H and O–H groups in total. The summed E-state index contributed by atoms with van der Waals surface area (Å²) >= 11 is 0. The van der Waals surface area contributed by atoms with Crippen molar-refractivity contribution in [2.45, 2.75) is 52.2 Å². The Bertz CT molecular complexity index is 1580. The van der Waals surface area contributed by atoms with Crippen LogP contribution in [0.5, 0.6) is 5.75 Å². The van der Waals surface area contributed by atoms with Gasteiger partial charge in [0.05, 0.1) is 17.3 Å². The number of benzene rings is 1. The van der Waals surface area contributed by atoms with E-state index >= 15 is 0 Å². The molecule has 0 saturated carbocycles. The summed E-state index contributed by atoms with van der Waals surface area (Å²) in [4.78, 5) is 9.08. The SMILES string of the molecule is CCOCc1nc2c(N)nc3cc(OCc4ccc(C(F)(F)F)o4)ccc3c2n1CC(C)(C)NS(C)(=O)=O. The zero-order chi connectivity index (χ0) is 27.9. The number of ether oxygens (including phenoxy) is 2. The van der Waals surface area contributed by atoms with Gasteiger partial charge in [0.15, 0.2) is 5.82 Å². The average Bonchev–Trinajstić information content (AvgIpc) is 3.40. The number of sulfonamides is 1. The molecule has 4 rings (SSSR count). The molecule has 0 fully saturated rings. The van der Waals surface area contributed by atoms with Crippen LogP contribution in [0.25, 0.3) is 21.9 Å². The third-order valence-electron chi connectivity index (χ3n) is 5.53. The first-order valence-corrected chi connectivity index (χ1v) is 13.5. The zero-order valence-electron chi connectivity index (χ0n) is 21.2. The number of imidazole rings is 1. The largest absolute Gasteiger partial charge is 0.486 e. The Hall–Kier alpha value is -3.36. The summed E-state index contributed by atoms with van der Waals surface area (Å²) in [5, 5.41) is 0.671. The van der Waals surface area contributed by atoms with E-state index in [1.54, 1.807) is 32.0 Å². The van der Waals surface area contributed by atoms with Crippen LogP contribution in [0.15, 0.2) is 34.7 Å². The van der Waals surface area contributed by atoms with Crippen LogP contribution >= 0.6 is 0 Å². The first-order chi connectivity index (χ1) is 17.7. The highest BCUT2D eigenvalue weighted by Crippen LogP contribution is 2.33. The van der Waals surface area contributed by atoms with Crippen LogP contribution in [0.4, 0.5) is 19.0 Å². The lowest BCUT2D eigenvalue weighted by Crippen LogP contribution is -2.46. The maximum absolute atomic E-state index is 12.8. The lowest BCUT2D eigenvalue weighted by atomic mass is 10.1. The molecule has 4 aromatic rings. The Morgan fingerprint density at radius 3 is 2.50 bits per heavy atom. The molecule has 0 aliphatic carbocycles. The molecule has 206 valence electrons. The summed E-state index contributed by atoms with van der Waals surface area (Å²) in [6.07, 6.45) is -3.49. The molecule has 0 amide bonds. The summed E-state index contributed by atoms with van der Waals surface area (Å²) in [6, 6.07) is 7.04. The minimum absolute atomic E-state index is 0.0135. The van der Waals surface area contributed by atoms with Crippen molar-refractivity contribution in [2.75, 3.05) is 18.6 Å². The molecule has 0 aliphatic rings. The minimum atomic E-state index is -4.58. The molecule has 10 nitrogen and oxygen atoms in total. The number of furan rings is 1. The number of rotatable bonds is 10. The third kappa shape index (κ3) is 6.19. The number of nitrogens with zero attached hydrogens (tertiary/aromatic N) is 3. The number of pyridine rings is 1. The van der Waals surface area contributed by atoms with Crippen LogP contribution in [-0.2, 0) is 40.7 Å². The molecule has 0 bridgehead atoms. The number of nitrogens with two attached hydrogens (primary N) is 1. The van der Waals surface area contributed by atoms with E-state index < -0.39 is 27.5 Å². The van der Waals surface area contributed by atoms with Gasteiger partial charge in [0.25, 0.3) is 0 Å². The standard InChI is InChI=1S/C24H28F3N5O5S/c1-5-35-12-19-30-20-21(32(19)13-23(2,3)31-38(4,33)34)16-8-6-14(10-17(16)29-22(20)28)36-11-15-7-9-18(37-15)24(25,26)27/h6-10,31H,5,11-13H2,1-4H3,(H2,28,29). The number of hydrogen-bond acceptors (Lipinski definition) is 8. The summed E-state index contributed by atoms with van der Waals surface area (Å²) in [6.45, 7) is 5.97. The van der Waals surface area contributed by atoms with Crippen molar-refractivity contribution in [3.8, 4) is 5.75 Å². The Kier molecular flexibility index (Phi) is 7.34. The number of hydrogen-bond donors (Lipinski definition) is 2. The fraction of sp³-hybridized carbons (Fsp3) is 0.417. The van der Waals surface area contributed by atoms with E-state index in [2.05, 4.69) is 14.7 Å². The van der Waals surface area contributed by atoms with Crippen molar-refractivity contribution >= 4 is 37.8 Å². The van der Waals surface area contributed by atoms with Crippen LogP contribution in [0.1, 0.15) is 38.1 Å². The van der Waals surface area contributed by atoms with Crippen molar-refractivity contribution in [3.05, 3.63) is 47.7 Å². The number of halogens is 3. The van der Waals surface area contributed by atoms with Gasteiger partial charge in [0.1, 0.15) is 36.1 Å². The van der Waals surface area contributed by atoms with Gasteiger partial charge >= 0.3 is 6.18 Å². The van der Waals surface area contributed by atoms with E-state index in [9.17, 15) is 21.6 Å². The van der Waals surface area contributed by atoms with Gasteiger partial charge in [-0.15, -0.1) is 0 Å². The van der Waals surface area contributed by atoms with Gasteiger partial charge in [-0.05, 0) is 45.0 Å². The second-order valence-corrected chi connectivity index (χ2v) is 11.2. The number of anilines is 1. The molecule has 0 aliphatic heterocycles. The fourth-order valence-corrected chi connectivity index (χ4v) is 5.26. The predicted octanol–water partition coefficient (Wildman–Crippen LogP) is 4.22. The van der Waals surface area contributed by atoms with Crippen LogP contribution in [0.2, 0.25) is 0 Å². The predicted molar refractivity (Wildman–Crippen MR) is 135 cm³/mol. The number of alkyl halides is 3. The molecule has 38 heavy (non-hydrogen) atoms. The van der Waals surface area contributed by atoms with E-state index in [-0.39, 0.29) is 31.3 Å². The summed E-state index contributed by atoms with van der Waals surface area (Å²) in [5.74, 6) is -0.0513. The molecule has 0 radical (unpaired) electrons. The van der Waals surface area contributed by atoms with Crippen molar-refractivity contribution in [1.82, 2.24) is 19.3 Å². The zero-order valence-corrected chi connectivity index (χ0v) is 22.0. The molecule has 14 heteroatoms. The van der Waals surface area contributed by atoms with Crippen molar-refractivity contribution in [2.24, 2.45) is 0 Å². The highest BCUT2D eigenvalue weighted by atomic mass is 32.2. The van der Waals surface area contributed by atoms with E-state index in [0.29, 0.717) is 40.1 Å². The highest BCUT2D eigenvalue weighted by Gasteiger charge is 2.34. The van der Waals surface area contributed by atoms with Crippen LogP contribution in [-0.4, -0.2) is 41.4 Å². The molecule has 3 aromatic heterocycles. The molecule has 0 saturated heterocycles. The molecule has 0 spiro atoms. The van der Waals surface area contributed by atoms with Crippen molar-refractivity contribution in [3.63, 3.8) is 0 Å². The van der Waals surface area contributed by atoms with Crippen LogP contribution < -0.4 is 15.2 Å². The number of nitrogens with one attached hydrogen (secondary N) is 1. The normalized spacial score (nSPS) is 13.0. The van der Waals surface area contributed by atoms with E-state index in [0.717, 1.165) is 12.3 Å². The van der Waals surface area contributed by atoms with Gasteiger partial charge in [-0.25, -0.2) is 23.1 Å². The number of aromatic nitrogens is 3. The average molecular weight is 556 g/mol. The third-order valence-corrected chi connectivity index (χ3v) is 6.45. The molecular formula is C24H28F3N5O5S. The molecule has 3 heterocycles. The summed E-state index contributed by atoms with van der Waals surface area (Å²) in [7, 11) is -3.50. The quantitative estimate of drug-likeness (QED) is 0.297. The fourth-order valence-electron chi connectivity index (χ4n) is 4.19. The van der Waals surface area contributed by atoms with Crippen molar-refractivity contribution < 1.29 is 35.5 Å². The van der Waals surface area contributed by atoms with Gasteiger partial charge in [-0.2, -0.15) is 13.2 Å². The minimum Gasteiger partial charge on any atom is -0.486 e. The smallest absolute Gasteiger partial charge is 0.449 e. The van der Waals surface area contributed by atoms with E-state index in [4.69, 9.17) is 19.6 Å². The maximum atomic E-state index is 12.8. The maximum Gasteiger partial charge on any atom is 0.449 e. The Balaban J connectivity index is 1.73. The van der Waals surface area contributed by atoms with Crippen LogP contribution in [0.3, 0.4) is 0 Å². The second kappa shape index (κ2) is 10.1. The van der Waals surface area contributed by atoms with E-state index in [1.807, 2.05) is 11.5 Å². The van der Waals surface area contributed by atoms with Gasteiger partial charge in [-0.1, -0.05) is 0 Å². The molecular weight excluding hydrogens is 527 g/mol. The van der Waals surface area contributed by atoms with Crippen molar-refractivity contribution in [1.29, 1.82) is 0 Å². The first kappa shape index (κ1) is 27.7. The second-order valence-electron chi connectivity index (χ2n) is 9.44. The van der Waals surface area contributed by atoms with Gasteiger partial charge in [0, 0.05) is 30.1 Å². The Labute approximate surface area is 217 Å². The van der Waals surface area contributed by atoms with Gasteiger partial charge in [0.2, 0.25) is 15.8 Å². The Morgan fingerprint density at radius 2 is 1.87 bits per heavy atom. The lowest BCUT2D eigenvalue weighted by Gasteiger charge is -2.27. The monoisotopic (exact) mass is 555 g/mol. The number of fused-ring (bicyclic) bond motifs is 3. The van der Waals surface area contributed by atoms with Gasteiger partial charge in [-0.3, -0.25) is 0 Å². The summed E-state index contributed by atoms with van der Waals surface area (Å²) < 4.78 is 82.8. The number of nitrogen functional groups attached to an aromatic ring is 1. The first-order valence-electron chi connectivity index (χ1n) is 11.6. The summed E-state index contributed by atoms with van der Waals surface area (Å²) in [5.41, 5.74) is 6.91. The topological polar surface area (TPSA) is 134 Å². The molecule has 1 aromatic carbocycles. The van der Waals surface area contributed by atoms with E-state index in [1.165, 1.54) is 6.07 Å². The molecule has 0 unspecified atom stereocenters. The van der Waals surface area contributed by atoms with Gasteiger partial charge < -0.3 is 24.2 Å². The molecule has 0 atom stereocenters. The lowest BCUT2D eigenvalue weighted by molar-refractivity contribution is -0.153.